The lowest BCUT2D eigenvalue weighted by molar-refractivity contribution is -0.115. The lowest BCUT2D eigenvalue weighted by atomic mass is 10.2. The molecule has 0 aliphatic carbocycles. The Bertz CT molecular complexity index is 806. The van der Waals surface area contributed by atoms with Crippen molar-refractivity contribution in [2.24, 2.45) is 0 Å². The summed E-state index contributed by atoms with van der Waals surface area (Å²) < 4.78 is 15.8. The van der Waals surface area contributed by atoms with Gasteiger partial charge in [0, 0.05) is 4.90 Å². The first kappa shape index (κ1) is 18.1. The van der Waals surface area contributed by atoms with Crippen LogP contribution in [0.3, 0.4) is 0 Å². The molecule has 3 rings (SSSR count). The van der Waals surface area contributed by atoms with Crippen molar-refractivity contribution < 1.29 is 23.8 Å². The summed E-state index contributed by atoms with van der Waals surface area (Å²) in [5.41, 5.74) is 1.03. The zero-order valence-corrected chi connectivity index (χ0v) is 15.3. The first-order valence-corrected chi connectivity index (χ1v) is 9.00. The first-order valence-electron chi connectivity index (χ1n) is 8.12. The summed E-state index contributed by atoms with van der Waals surface area (Å²) in [7, 11) is 1.60. The number of fused-ring (bicyclic) bond motifs is 1. The van der Waals surface area contributed by atoms with Crippen LogP contribution in [0.4, 0.5) is 5.69 Å². The molecule has 26 heavy (non-hydrogen) atoms. The molecule has 0 bridgehead atoms. The van der Waals surface area contributed by atoms with E-state index in [0.29, 0.717) is 17.0 Å². The Morgan fingerprint density at radius 1 is 1.12 bits per heavy atom. The summed E-state index contributed by atoms with van der Waals surface area (Å²) in [6.45, 7) is 2.21. The summed E-state index contributed by atoms with van der Waals surface area (Å²) in [6, 6.07) is 12.3. The van der Waals surface area contributed by atoms with Crippen LogP contribution in [0.15, 0.2) is 47.4 Å². The molecule has 0 radical (unpaired) electrons. The molecule has 1 amide bonds. The van der Waals surface area contributed by atoms with Gasteiger partial charge in [0.25, 0.3) is 0 Å². The van der Waals surface area contributed by atoms with E-state index in [1.165, 1.54) is 11.8 Å². The number of benzene rings is 2. The average molecular weight is 373 g/mol. The van der Waals surface area contributed by atoms with Gasteiger partial charge in [-0.05, 0) is 49.4 Å². The summed E-state index contributed by atoms with van der Waals surface area (Å²) in [5, 5.41) is 2.66. The van der Waals surface area contributed by atoms with Gasteiger partial charge in [-0.15, -0.1) is 11.8 Å². The van der Waals surface area contributed by atoms with E-state index in [2.05, 4.69) is 5.32 Å². The number of hydrogen-bond acceptors (Lipinski definition) is 6. The lowest BCUT2D eigenvalue weighted by Crippen LogP contribution is -2.26. The predicted octanol–water partition coefficient (Wildman–Crippen LogP) is 3.36. The second kappa shape index (κ2) is 8.14. The number of rotatable bonds is 6. The maximum atomic E-state index is 12.2. The molecule has 1 aliphatic rings. The van der Waals surface area contributed by atoms with E-state index in [-0.39, 0.29) is 24.4 Å². The molecule has 0 fully saturated rings. The number of carbonyl (C=O) groups excluding carboxylic acids is 2. The molecular formula is C19H19NO5S. The molecule has 2 aromatic rings. The summed E-state index contributed by atoms with van der Waals surface area (Å²) >= 11 is 1.47. The number of methoxy groups -OCH3 is 1. The molecule has 1 aliphatic heterocycles. The largest absolute Gasteiger partial charge is 0.497 e. The van der Waals surface area contributed by atoms with Crippen molar-refractivity contribution >= 4 is 29.3 Å². The second-order valence-electron chi connectivity index (χ2n) is 5.62. The van der Waals surface area contributed by atoms with Crippen LogP contribution in [-0.2, 0) is 9.53 Å². The Kier molecular flexibility index (Phi) is 5.68. The molecule has 0 aromatic heterocycles. The van der Waals surface area contributed by atoms with Gasteiger partial charge in [-0.3, -0.25) is 4.79 Å². The van der Waals surface area contributed by atoms with Gasteiger partial charge in [0.05, 0.1) is 23.6 Å². The third-order valence-corrected chi connectivity index (χ3v) is 4.97. The number of ether oxygens (including phenoxy) is 3. The van der Waals surface area contributed by atoms with E-state index in [1.807, 2.05) is 13.0 Å². The van der Waals surface area contributed by atoms with Crippen LogP contribution in [0.5, 0.6) is 11.5 Å². The molecule has 0 spiro atoms. The van der Waals surface area contributed by atoms with Crippen molar-refractivity contribution in [2.75, 3.05) is 25.6 Å². The molecule has 1 heterocycles. The summed E-state index contributed by atoms with van der Waals surface area (Å²) in [4.78, 5) is 24.8. The van der Waals surface area contributed by atoms with Crippen LogP contribution in [0, 0.1) is 0 Å². The summed E-state index contributed by atoms with van der Waals surface area (Å²) in [6.07, 6.45) is 0. The van der Waals surface area contributed by atoms with E-state index >= 15 is 0 Å². The van der Waals surface area contributed by atoms with Crippen LogP contribution < -0.4 is 14.8 Å². The van der Waals surface area contributed by atoms with E-state index < -0.39 is 5.97 Å². The highest BCUT2D eigenvalue weighted by Crippen LogP contribution is 2.36. The number of carbonyl (C=O) groups is 2. The minimum absolute atomic E-state index is 0.0686. The Labute approximate surface area is 155 Å². The topological polar surface area (TPSA) is 73.9 Å². The van der Waals surface area contributed by atoms with Crippen molar-refractivity contribution in [3.05, 3.63) is 48.0 Å². The fourth-order valence-corrected chi connectivity index (χ4v) is 3.32. The van der Waals surface area contributed by atoms with Crippen LogP contribution >= 0.6 is 11.8 Å². The van der Waals surface area contributed by atoms with Crippen molar-refractivity contribution in [3.8, 4) is 11.5 Å². The zero-order valence-electron chi connectivity index (χ0n) is 14.5. The third kappa shape index (κ3) is 4.29. The van der Waals surface area contributed by atoms with Crippen LogP contribution in [0.2, 0.25) is 0 Å². The van der Waals surface area contributed by atoms with Gasteiger partial charge in [0.15, 0.2) is 0 Å². The van der Waals surface area contributed by atoms with Gasteiger partial charge < -0.3 is 19.5 Å². The fourth-order valence-electron chi connectivity index (χ4n) is 2.38. The van der Waals surface area contributed by atoms with Gasteiger partial charge in [-0.25, -0.2) is 4.79 Å². The first-order chi connectivity index (χ1) is 12.6. The molecule has 1 atom stereocenters. The number of nitrogens with one attached hydrogen (secondary N) is 1. The fraction of sp³-hybridized carbons (Fsp3) is 0.263. The predicted molar refractivity (Wildman–Crippen MR) is 99.2 cm³/mol. The molecule has 1 unspecified atom stereocenters. The zero-order chi connectivity index (χ0) is 18.5. The minimum atomic E-state index is -0.455. The molecular weight excluding hydrogens is 354 g/mol. The van der Waals surface area contributed by atoms with Crippen LogP contribution in [-0.4, -0.2) is 37.4 Å². The Hall–Kier alpha value is -2.67. The highest BCUT2D eigenvalue weighted by Gasteiger charge is 2.23. The number of anilines is 1. The molecule has 2 aromatic carbocycles. The minimum Gasteiger partial charge on any atom is -0.497 e. The van der Waals surface area contributed by atoms with Crippen molar-refractivity contribution in [2.45, 2.75) is 17.1 Å². The van der Waals surface area contributed by atoms with Gasteiger partial charge in [-0.2, -0.15) is 0 Å². The number of thioether (sulfide) groups is 1. The molecule has 0 saturated heterocycles. The van der Waals surface area contributed by atoms with Gasteiger partial charge >= 0.3 is 5.97 Å². The maximum Gasteiger partial charge on any atom is 0.338 e. The molecule has 136 valence electrons. The molecule has 0 saturated carbocycles. The Balaban J connectivity index is 1.50. The van der Waals surface area contributed by atoms with E-state index in [1.54, 1.807) is 43.5 Å². The van der Waals surface area contributed by atoms with Crippen molar-refractivity contribution in [1.29, 1.82) is 0 Å². The third-order valence-electron chi connectivity index (χ3n) is 3.79. The highest BCUT2D eigenvalue weighted by molar-refractivity contribution is 8.00. The number of esters is 1. The molecule has 1 N–H and O–H groups in total. The van der Waals surface area contributed by atoms with Gasteiger partial charge in [0.2, 0.25) is 5.91 Å². The number of amides is 1. The second-order valence-corrected chi connectivity index (χ2v) is 7.00. The summed E-state index contributed by atoms with van der Waals surface area (Å²) in [5.74, 6) is 0.894. The SMILES string of the molecule is COc1ccc(OCCOC(=O)c2ccc3c(c2)NC(=O)C(C)S3)cc1. The molecule has 7 heteroatoms. The Morgan fingerprint density at radius 2 is 1.85 bits per heavy atom. The highest BCUT2D eigenvalue weighted by atomic mass is 32.2. The monoisotopic (exact) mass is 373 g/mol. The van der Waals surface area contributed by atoms with E-state index in [4.69, 9.17) is 14.2 Å². The average Bonchev–Trinajstić information content (AvgIpc) is 2.66. The maximum absolute atomic E-state index is 12.2. The molecule has 6 nitrogen and oxygen atoms in total. The lowest BCUT2D eigenvalue weighted by Gasteiger charge is -2.21. The van der Waals surface area contributed by atoms with E-state index in [9.17, 15) is 9.59 Å². The quantitative estimate of drug-likeness (QED) is 0.618. The van der Waals surface area contributed by atoms with Crippen molar-refractivity contribution in [3.63, 3.8) is 0 Å². The standard InChI is InChI=1S/C19H19NO5S/c1-12-18(21)20-16-11-13(3-8-17(16)26-12)19(22)25-10-9-24-15-6-4-14(23-2)5-7-15/h3-8,11-12H,9-10H2,1-2H3,(H,20,21). The smallest absolute Gasteiger partial charge is 0.338 e. The van der Waals surface area contributed by atoms with Crippen LogP contribution in [0.25, 0.3) is 0 Å². The van der Waals surface area contributed by atoms with E-state index in [0.717, 1.165) is 10.6 Å². The van der Waals surface area contributed by atoms with Crippen molar-refractivity contribution in [1.82, 2.24) is 0 Å². The Morgan fingerprint density at radius 3 is 2.58 bits per heavy atom. The van der Waals surface area contributed by atoms with Gasteiger partial charge in [0.1, 0.15) is 24.7 Å². The van der Waals surface area contributed by atoms with Crippen LogP contribution in [0.1, 0.15) is 17.3 Å². The van der Waals surface area contributed by atoms with Gasteiger partial charge in [-0.1, -0.05) is 0 Å². The normalized spacial score (nSPS) is 15.6. The number of hydrogen-bond donors (Lipinski definition) is 1.